The summed E-state index contributed by atoms with van der Waals surface area (Å²) in [7, 11) is 0. The first-order valence-electron chi connectivity index (χ1n) is 9.34. The Morgan fingerprint density at radius 2 is 1.76 bits per heavy atom. The third kappa shape index (κ3) is 5.98. The summed E-state index contributed by atoms with van der Waals surface area (Å²) in [6.45, 7) is 1.17. The molecule has 0 radical (unpaired) electrons. The van der Waals surface area contributed by atoms with E-state index in [1.807, 2.05) is 6.07 Å². The van der Waals surface area contributed by atoms with Crippen LogP contribution in [-0.4, -0.2) is 21.1 Å². The molecule has 3 aromatic rings. The number of nitriles is 1. The summed E-state index contributed by atoms with van der Waals surface area (Å²) in [5.41, 5.74) is -7.03. The Labute approximate surface area is 203 Å². The minimum absolute atomic E-state index is 0.0906. The molecule has 1 heterocycles. The van der Waals surface area contributed by atoms with Crippen LogP contribution in [0.15, 0.2) is 41.4 Å². The highest BCUT2D eigenvalue weighted by atomic mass is 35.5. The lowest BCUT2D eigenvalue weighted by molar-refractivity contribution is -0.136. The Morgan fingerprint density at radius 3 is 2.29 bits per heavy atom. The molecule has 0 aliphatic heterocycles. The van der Waals surface area contributed by atoms with Crippen molar-refractivity contribution < 1.29 is 31.1 Å². The summed E-state index contributed by atoms with van der Waals surface area (Å²) in [5.74, 6) is -0.527. The number of thioether (sulfide) groups is 1. The summed E-state index contributed by atoms with van der Waals surface area (Å²) >= 11 is 11.5. The molecule has 1 aromatic heterocycles. The summed E-state index contributed by atoms with van der Waals surface area (Å²) in [5, 5.41) is 12.9. The number of hydrogen-bond donors (Lipinski definition) is 0. The third-order valence-corrected chi connectivity index (χ3v) is 6.30. The van der Waals surface area contributed by atoms with Gasteiger partial charge in [-0.2, -0.15) is 36.7 Å². The van der Waals surface area contributed by atoms with Gasteiger partial charge in [-0.1, -0.05) is 35.3 Å². The van der Waals surface area contributed by atoms with Crippen LogP contribution in [0.5, 0.6) is 0 Å². The number of Topliss-reactive ketones (excluding diaryl/α,β-unsaturated/α-hetero) is 1. The Hall–Kier alpha value is -2.42. The van der Waals surface area contributed by atoms with Crippen molar-refractivity contribution in [1.29, 1.82) is 5.26 Å². The molecule has 1 atom stereocenters. The van der Waals surface area contributed by atoms with Crippen molar-refractivity contribution in [3.63, 3.8) is 0 Å². The first-order valence-corrected chi connectivity index (χ1v) is 10.9. The van der Waals surface area contributed by atoms with Crippen LogP contribution < -0.4 is 0 Å². The Balaban J connectivity index is 1.86. The van der Waals surface area contributed by atoms with E-state index in [9.17, 15) is 36.4 Å². The van der Waals surface area contributed by atoms with Crippen LogP contribution in [-0.2, 0) is 12.7 Å². The van der Waals surface area contributed by atoms with Crippen molar-refractivity contribution in [2.24, 2.45) is 5.41 Å². The quantitative estimate of drug-likeness (QED) is 0.182. The van der Waals surface area contributed by atoms with E-state index < -0.39 is 28.4 Å². The summed E-state index contributed by atoms with van der Waals surface area (Å²) in [6, 6.07) is 7.37. The Bertz CT molecular complexity index is 1280. The van der Waals surface area contributed by atoms with E-state index in [0.717, 1.165) is 23.0 Å². The maximum atomic E-state index is 13.4. The van der Waals surface area contributed by atoms with Crippen LogP contribution in [0.4, 0.5) is 26.3 Å². The van der Waals surface area contributed by atoms with Crippen LogP contribution in [0.2, 0.25) is 10.0 Å². The number of ketones is 1. The van der Waals surface area contributed by atoms with Crippen LogP contribution in [0.3, 0.4) is 0 Å². The molecule has 0 N–H and O–H groups in total. The molecular formula is C21H13Cl2F6N3OS. The van der Waals surface area contributed by atoms with Gasteiger partial charge in [0.1, 0.15) is 5.52 Å². The molecule has 0 aliphatic rings. The van der Waals surface area contributed by atoms with Crippen molar-refractivity contribution in [1.82, 2.24) is 9.78 Å². The largest absolute Gasteiger partial charge is 0.446 e. The molecule has 34 heavy (non-hydrogen) atoms. The zero-order valence-corrected chi connectivity index (χ0v) is 19.4. The summed E-state index contributed by atoms with van der Waals surface area (Å²) < 4.78 is 78.7. The topological polar surface area (TPSA) is 58.7 Å². The van der Waals surface area contributed by atoms with Gasteiger partial charge in [0.15, 0.2) is 5.78 Å². The fourth-order valence-corrected chi connectivity index (χ4v) is 4.20. The van der Waals surface area contributed by atoms with Crippen molar-refractivity contribution in [3.8, 4) is 6.07 Å². The molecule has 0 saturated heterocycles. The van der Waals surface area contributed by atoms with Crippen LogP contribution in [0.1, 0.15) is 29.3 Å². The molecule has 13 heteroatoms. The molecule has 3 rings (SSSR count). The van der Waals surface area contributed by atoms with E-state index in [0.29, 0.717) is 6.07 Å². The van der Waals surface area contributed by atoms with Gasteiger partial charge in [0.05, 0.1) is 33.6 Å². The van der Waals surface area contributed by atoms with Crippen molar-refractivity contribution in [3.05, 3.63) is 57.7 Å². The van der Waals surface area contributed by atoms with Crippen LogP contribution >= 0.6 is 35.0 Å². The second-order valence-corrected chi connectivity index (χ2v) is 9.57. The average Bonchev–Trinajstić information content (AvgIpc) is 3.12. The van der Waals surface area contributed by atoms with E-state index in [1.165, 1.54) is 19.1 Å². The number of alkyl halides is 6. The van der Waals surface area contributed by atoms with Gasteiger partial charge in [0, 0.05) is 28.5 Å². The smallest absolute Gasteiger partial charge is 0.294 e. The number of hydrogen-bond acceptors (Lipinski definition) is 4. The average molecular weight is 540 g/mol. The fraction of sp³-hybridized carbons (Fsp3) is 0.286. The van der Waals surface area contributed by atoms with Crippen LogP contribution in [0, 0.1) is 16.7 Å². The first-order chi connectivity index (χ1) is 15.6. The number of fused-ring (bicyclic) bond motifs is 1. The monoisotopic (exact) mass is 539 g/mol. The van der Waals surface area contributed by atoms with Gasteiger partial charge < -0.3 is 0 Å². The van der Waals surface area contributed by atoms with Gasteiger partial charge in [0.25, 0.3) is 0 Å². The molecule has 0 fully saturated rings. The lowest BCUT2D eigenvalue weighted by Crippen LogP contribution is -2.25. The molecule has 0 spiro atoms. The number of aromatic nitrogens is 2. The Morgan fingerprint density at radius 1 is 1.15 bits per heavy atom. The number of benzene rings is 2. The fourth-order valence-electron chi connectivity index (χ4n) is 3.26. The maximum absolute atomic E-state index is 13.4. The van der Waals surface area contributed by atoms with E-state index in [-0.39, 0.29) is 56.1 Å². The lowest BCUT2D eigenvalue weighted by Gasteiger charge is -2.20. The molecule has 2 aromatic carbocycles. The zero-order valence-electron chi connectivity index (χ0n) is 17.1. The van der Waals surface area contributed by atoms with Gasteiger partial charge >= 0.3 is 11.7 Å². The van der Waals surface area contributed by atoms with Crippen LogP contribution in [0.25, 0.3) is 10.9 Å². The molecule has 0 aliphatic carbocycles. The SMILES string of the molecule is CC(C#N)(CC(=O)c1ccc(SC(F)(F)F)cc1)Cn1cc2c(C(F)(F)F)cc(Cl)c(Cl)c2n1. The standard InChI is InChI=1S/C21H13Cl2F6N3OS/c1-19(9-30,7-16(33)11-2-4-12(5-3-11)34-21(27,28)29)10-32-8-13-14(20(24,25)26)6-15(22)17(23)18(13)31-32/h2-6,8H,7,10H2,1H3. The van der Waals surface area contributed by atoms with E-state index >= 15 is 0 Å². The summed E-state index contributed by atoms with van der Waals surface area (Å²) in [6.07, 6.45) is -4.01. The predicted molar refractivity (Wildman–Crippen MR) is 116 cm³/mol. The van der Waals surface area contributed by atoms with Gasteiger partial charge in [-0.05, 0) is 36.9 Å². The van der Waals surface area contributed by atoms with E-state index in [4.69, 9.17) is 23.2 Å². The second-order valence-electron chi connectivity index (χ2n) is 7.65. The number of nitrogens with zero attached hydrogens (tertiary/aromatic N) is 3. The highest BCUT2D eigenvalue weighted by Crippen LogP contribution is 2.41. The molecule has 4 nitrogen and oxygen atoms in total. The van der Waals surface area contributed by atoms with Gasteiger partial charge in [-0.15, -0.1) is 0 Å². The van der Waals surface area contributed by atoms with E-state index in [2.05, 4.69) is 5.10 Å². The number of carbonyl (C=O) groups excluding carboxylic acids is 1. The highest BCUT2D eigenvalue weighted by molar-refractivity contribution is 8.00. The molecule has 0 saturated carbocycles. The number of halogens is 8. The first kappa shape index (κ1) is 26.2. The highest BCUT2D eigenvalue weighted by Gasteiger charge is 2.36. The van der Waals surface area contributed by atoms with Crippen molar-refractivity contribution >= 4 is 51.6 Å². The molecule has 0 bridgehead atoms. The van der Waals surface area contributed by atoms with Gasteiger partial charge in [-0.3, -0.25) is 9.48 Å². The predicted octanol–water partition coefficient (Wildman–Crippen LogP) is 7.78. The minimum atomic E-state index is -4.73. The summed E-state index contributed by atoms with van der Waals surface area (Å²) in [4.78, 5) is 12.6. The maximum Gasteiger partial charge on any atom is 0.446 e. The lowest BCUT2D eigenvalue weighted by atomic mass is 9.85. The number of rotatable bonds is 6. The minimum Gasteiger partial charge on any atom is -0.294 e. The third-order valence-electron chi connectivity index (χ3n) is 4.79. The molecule has 0 amide bonds. The molecule has 180 valence electrons. The Kier molecular flexibility index (Phi) is 7.18. The number of carbonyl (C=O) groups is 1. The van der Waals surface area contributed by atoms with E-state index in [1.54, 1.807) is 0 Å². The normalized spacial score (nSPS) is 14.1. The van der Waals surface area contributed by atoms with Gasteiger partial charge in [-0.25, -0.2) is 0 Å². The van der Waals surface area contributed by atoms with Gasteiger partial charge in [0.2, 0.25) is 0 Å². The van der Waals surface area contributed by atoms with Crippen molar-refractivity contribution in [2.75, 3.05) is 0 Å². The molecule has 1 unspecified atom stereocenters. The second kappa shape index (κ2) is 9.32. The zero-order chi connectivity index (χ0) is 25.5. The van der Waals surface area contributed by atoms with Crippen molar-refractivity contribution in [2.45, 2.75) is 36.5 Å². The molecular weight excluding hydrogens is 527 g/mol.